The van der Waals surface area contributed by atoms with Crippen LogP contribution in [0.2, 0.25) is 5.02 Å². The normalized spacial score (nSPS) is 12.9. The van der Waals surface area contributed by atoms with E-state index in [0.717, 1.165) is 6.42 Å². The zero-order valence-electron chi connectivity index (χ0n) is 8.13. The predicted molar refractivity (Wildman–Crippen MR) is 56.0 cm³/mol. The van der Waals surface area contributed by atoms with Gasteiger partial charge in [0.15, 0.2) is 0 Å². The van der Waals surface area contributed by atoms with Crippen LogP contribution in [-0.4, -0.2) is 11.2 Å². The summed E-state index contributed by atoms with van der Waals surface area (Å²) in [4.78, 5) is 0. The summed E-state index contributed by atoms with van der Waals surface area (Å²) in [5, 5.41) is 9.20. The van der Waals surface area contributed by atoms with Gasteiger partial charge in [-0.15, -0.1) is 0 Å². The molecule has 0 fully saturated rings. The van der Waals surface area contributed by atoms with Crippen molar-refractivity contribution in [1.29, 1.82) is 0 Å². The van der Waals surface area contributed by atoms with Crippen molar-refractivity contribution in [2.45, 2.75) is 32.3 Å². The summed E-state index contributed by atoms with van der Waals surface area (Å²) in [5.41, 5.74) is 0.623. The van der Waals surface area contributed by atoms with Gasteiger partial charge in [-0.1, -0.05) is 23.7 Å². The fraction of sp³-hybridized carbons (Fsp3) is 0.455. The molecule has 0 aliphatic rings. The van der Waals surface area contributed by atoms with Crippen LogP contribution in [0.3, 0.4) is 0 Å². The summed E-state index contributed by atoms with van der Waals surface area (Å²) in [7, 11) is 0. The number of benzene rings is 1. The monoisotopic (exact) mass is 216 g/mol. The van der Waals surface area contributed by atoms with E-state index in [-0.39, 0.29) is 16.9 Å². The van der Waals surface area contributed by atoms with Gasteiger partial charge in [-0.05, 0) is 37.8 Å². The Kier molecular flexibility index (Phi) is 4.36. The molecule has 1 nitrogen and oxygen atoms in total. The number of aliphatic hydroxyl groups is 1. The summed E-state index contributed by atoms with van der Waals surface area (Å²) >= 11 is 5.63. The Morgan fingerprint density at radius 2 is 2.21 bits per heavy atom. The summed E-state index contributed by atoms with van der Waals surface area (Å²) in [6.45, 7) is 1.73. The Morgan fingerprint density at radius 1 is 1.50 bits per heavy atom. The van der Waals surface area contributed by atoms with Gasteiger partial charge in [0.25, 0.3) is 0 Å². The fourth-order valence-corrected chi connectivity index (χ4v) is 1.52. The number of halogens is 2. The molecule has 14 heavy (non-hydrogen) atoms. The Balaban J connectivity index is 2.54. The second-order valence-electron chi connectivity index (χ2n) is 3.45. The van der Waals surface area contributed by atoms with Gasteiger partial charge >= 0.3 is 0 Å². The number of hydrogen-bond donors (Lipinski definition) is 1. The van der Waals surface area contributed by atoms with E-state index in [2.05, 4.69) is 0 Å². The maximum atomic E-state index is 13.3. The molecule has 0 aliphatic carbocycles. The van der Waals surface area contributed by atoms with Crippen molar-refractivity contribution >= 4 is 11.6 Å². The van der Waals surface area contributed by atoms with Crippen LogP contribution in [0.25, 0.3) is 0 Å². The Morgan fingerprint density at radius 3 is 2.86 bits per heavy atom. The highest BCUT2D eigenvalue weighted by Crippen LogP contribution is 2.19. The van der Waals surface area contributed by atoms with Crippen LogP contribution >= 0.6 is 11.6 Å². The average Bonchev–Trinajstić information content (AvgIpc) is 2.12. The number of aliphatic hydroxyl groups excluding tert-OH is 1. The van der Waals surface area contributed by atoms with Gasteiger partial charge in [0.1, 0.15) is 5.82 Å². The van der Waals surface area contributed by atoms with Gasteiger partial charge in [0.05, 0.1) is 11.1 Å². The van der Waals surface area contributed by atoms with Gasteiger partial charge in [0.2, 0.25) is 0 Å². The Hall–Kier alpha value is -0.600. The largest absolute Gasteiger partial charge is 0.393 e. The molecule has 0 aromatic heterocycles. The topological polar surface area (TPSA) is 20.2 Å². The SMILES string of the molecule is CC(O)CCCc1cccc(Cl)c1F. The van der Waals surface area contributed by atoms with Gasteiger partial charge in [-0.2, -0.15) is 0 Å². The van der Waals surface area contributed by atoms with Crippen LogP contribution in [0.4, 0.5) is 4.39 Å². The van der Waals surface area contributed by atoms with E-state index in [1.54, 1.807) is 19.1 Å². The molecule has 0 heterocycles. The van der Waals surface area contributed by atoms with E-state index < -0.39 is 0 Å². The molecule has 0 saturated carbocycles. The third-order valence-electron chi connectivity index (χ3n) is 2.10. The molecule has 1 N–H and O–H groups in total. The molecule has 1 aromatic carbocycles. The van der Waals surface area contributed by atoms with Crippen LogP contribution in [-0.2, 0) is 6.42 Å². The fourth-order valence-electron chi connectivity index (χ4n) is 1.33. The quantitative estimate of drug-likeness (QED) is 0.820. The van der Waals surface area contributed by atoms with E-state index >= 15 is 0 Å². The molecule has 0 amide bonds. The van der Waals surface area contributed by atoms with Crippen molar-refractivity contribution in [2.75, 3.05) is 0 Å². The smallest absolute Gasteiger partial charge is 0.144 e. The third kappa shape index (κ3) is 3.28. The van der Waals surface area contributed by atoms with Crippen molar-refractivity contribution in [1.82, 2.24) is 0 Å². The van der Waals surface area contributed by atoms with Crippen molar-refractivity contribution in [3.05, 3.63) is 34.6 Å². The summed E-state index contributed by atoms with van der Waals surface area (Å²) in [6, 6.07) is 5.00. The lowest BCUT2D eigenvalue weighted by atomic mass is 10.1. The molecule has 1 aromatic rings. The standard InChI is InChI=1S/C11H14ClFO/c1-8(14)4-2-5-9-6-3-7-10(12)11(9)13/h3,6-8,14H,2,4-5H2,1H3. The number of hydrogen-bond acceptors (Lipinski definition) is 1. The first-order valence-electron chi connectivity index (χ1n) is 4.72. The Bertz CT molecular complexity index is 299. The molecule has 0 aliphatic heterocycles. The molecule has 0 saturated heterocycles. The second-order valence-corrected chi connectivity index (χ2v) is 3.86. The highest BCUT2D eigenvalue weighted by molar-refractivity contribution is 6.30. The van der Waals surface area contributed by atoms with Crippen molar-refractivity contribution in [3.63, 3.8) is 0 Å². The van der Waals surface area contributed by atoms with Crippen LogP contribution in [0.15, 0.2) is 18.2 Å². The van der Waals surface area contributed by atoms with Crippen LogP contribution in [0.1, 0.15) is 25.3 Å². The Labute approximate surface area is 88.5 Å². The first-order chi connectivity index (χ1) is 6.61. The molecule has 78 valence electrons. The maximum absolute atomic E-state index is 13.3. The van der Waals surface area contributed by atoms with Gasteiger partial charge in [0, 0.05) is 0 Å². The summed E-state index contributed by atoms with van der Waals surface area (Å²) in [6.07, 6.45) is 1.76. The third-order valence-corrected chi connectivity index (χ3v) is 2.39. The lowest BCUT2D eigenvalue weighted by Crippen LogP contribution is -2.00. The van der Waals surface area contributed by atoms with E-state index in [1.807, 2.05) is 0 Å². The molecule has 0 spiro atoms. The minimum atomic E-state index is -0.334. The van der Waals surface area contributed by atoms with E-state index in [9.17, 15) is 4.39 Å². The number of rotatable bonds is 4. The van der Waals surface area contributed by atoms with E-state index in [4.69, 9.17) is 16.7 Å². The number of aryl methyl sites for hydroxylation is 1. The first-order valence-corrected chi connectivity index (χ1v) is 5.10. The van der Waals surface area contributed by atoms with Gasteiger partial charge in [-0.3, -0.25) is 0 Å². The lowest BCUT2D eigenvalue weighted by Gasteiger charge is -2.05. The molecular weight excluding hydrogens is 203 g/mol. The molecular formula is C11H14ClFO. The highest BCUT2D eigenvalue weighted by atomic mass is 35.5. The van der Waals surface area contributed by atoms with Crippen LogP contribution in [0.5, 0.6) is 0 Å². The van der Waals surface area contributed by atoms with Crippen molar-refractivity contribution in [2.24, 2.45) is 0 Å². The molecule has 1 rings (SSSR count). The highest BCUT2D eigenvalue weighted by Gasteiger charge is 2.06. The minimum Gasteiger partial charge on any atom is -0.393 e. The molecule has 0 bridgehead atoms. The average molecular weight is 217 g/mol. The van der Waals surface area contributed by atoms with Crippen molar-refractivity contribution < 1.29 is 9.50 Å². The van der Waals surface area contributed by atoms with E-state index in [0.29, 0.717) is 18.4 Å². The maximum Gasteiger partial charge on any atom is 0.144 e. The molecule has 1 unspecified atom stereocenters. The molecule has 3 heteroatoms. The summed E-state index contributed by atoms with van der Waals surface area (Å²) in [5.74, 6) is -0.334. The zero-order valence-corrected chi connectivity index (χ0v) is 8.89. The van der Waals surface area contributed by atoms with Gasteiger partial charge < -0.3 is 5.11 Å². The lowest BCUT2D eigenvalue weighted by molar-refractivity contribution is 0.181. The van der Waals surface area contributed by atoms with Crippen LogP contribution in [0, 0.1) is 5.82 Å². The zero-order chi connectivity index (χ0) is 10.6. The molecule has 0 radical (unpaired) electrons. The van der Waals surface area contributed by atoms with Gasteiger partial charge in [-0.25, -0.2) is 4.39 Å². The van der Waals surface area contributed by atoms with Crippen LogP contribution < -0.4 is 0 Å². The van der Waals surface area contributed by atoms with E-state index in [1.165, 1.54) is 6.07 Å². The predicted octanol–water partition coefficient (Wildman–Crippen LogP) is 3.18. The first kappa shape index (κ1) is 11.5. The second kappa shape index (κ2) is 5.32. The summed E-state index contributed by atoms with van der Waals surface area (Å²) < 4.78 is 13.3. The van der Waals surface area contributed by atoms with Crippen molar-refractivity contribution in [3.8, 4) is 0 Å². The minimum absolute atomic E-state index is 0.166. The molecule has 1 atom stereocenters.